The molecule has 3 rings (SSSR count). The number of nitrogens with one attached hydrogen (secondary N) is 1. The van der Waals surface area contributed by atoms with Gasteiger partial charge in [-0.1, -0.05) is 13.8 Å². The maximum atomic E-state index is 5.32. The average molecular weight is 294 g/mol. The van der Waals surface area contributed by atoms with Crippen LogP contribution >= 0.6 is 23.6 Å². The van der Waals surface area contributed by atoms with Gasteiger partial charge < -0.3 is 0 Å². The molecule has 0 spiro atoms. The Labute approximate surface area is 121 Å². The average Bonchev–Trinajstić information content (AvgIpc) is 3.08. The predicted molar refractivity (Wildman–Crippen MR) is 80.2 cm³/mol. The topological polar surface area (TPSA) is 46.5 Å². The van der Waals surface area contributed by atoms with Crippen molar-refractivity contribution in [2.75, 3.05) is 0 Å². The molecular weight excluding hydrogens is 276 g/mol. The Bertz CT molecular complexity index is 633. The van der Waals surface area contributed by atoms with Crippen LogP contribution in [0.25, 0.3) is 10.7 Å². The number of hydrogen-bond donors (Lipinski definition) is 1. The summed E-state index contributed by atoms with van der Waals surface area (Å²) in [4.78, 5) is 5.99. The summed E-state index contributed by atoms with van der Waals surface area (Å²) in [5, 5.41) is 8.62. The molecule has 1 fully saturated rings. The van der Waals surface area contributed by atoms with Crippen LogP contribution in [0, 0.1) is 4.77 Å². The Morgan fingerprint density at radius 3 is 2.84 bits per heavy atom. The third kappa shape index (κ3) is 2.39. The van der Waals surface area contributed by atoms with Gasteiger partial charge in [-0.3, -0.25) is 9.67 Å². The molecule has 19 heavy (non-hydrogen) atoms. The van der Waals surface area contributed by atoms with Crippen molar-refractivity contribution in [3.05, 3.63) is 15.5 Å². The number of hydrogen-bond acceptors (Lipinski definition) is 4. The first-order valence-corrected chi connectivity index (χ1v) is 8.12. The van der Waals surface area contributed by atoms with Crippen LogP contribution in [-0.2, 0) is 13.0 Å². The molecule has 0 bridgehead atoms. The van der Waals surface area contributed by atoms with E-state index in [9.17, 15) is 0 Å². The van der Waals surface area contributed by atoms with Gasteiger partial charge in [-0.05, 0) is 37.9 Å². The summed E-state index contributed by atoms with van der Waals surface area (Å²) < 4.78 is 2.80. The number of thiazole rings is 1. The van der Waals surface area contributed by atoms with E-state index >= 15 is 0 Å². The molecule has 0 aliphatic heterocycles. The monoisotopic (exact) mass is 294 g/mol. The number of aromatic nitrogens is 4. The van der Waals surface area contributed by atoms with Gasteiger partial charge in [-0.25, -0.2) is 4.98 Å². The van der Waals surface area contributed by atoms with Crippen LogP contribution in [0.5, 0.6) is 0 Å². The second-order valence-corrected chi connectivity index (χ2v) is 6.38. The highest BCUT2D eigenvalue weighted by atomic mass is 32.1. The Morgan fingerprint density at radius 2 is 2.21 bits per heavy atom. The van der Waals surface area contributed by atoms with Crippen molar-refractivity contribution in [1.29, 1.82) is 0 Å². The molecule has 1 aliphatic carbocycles. The molecule has 1 N–H and O–H groups in total. The minimum atomic E-state index is 0.700. The standard InChI is InChI=1S/C13H18N4S2/c1-3-7-17-11(15-16-13(17)18)10-9(4-2)14-12(19-10)8-5-6-8/h8H,3-7H2,1-2H3,(H,16,18). The molecule has 2 aromatic rings. The zero-order valence-electron chi connectivity index (χ0n) is 11.3. The van der Waals surface area contributed by atoms with Crippen LogP contribution in [0.15, 0.2) is 0 Å². The van der Waals surface area contributed by atoms with Gasteiger partial charge in [0.2, 0.25) is 0 Å². The zero-order chi connectivity index (χ0) is 13.4. The van der Waals surface area contributed by atoms with Crippen molar-refractivity contribution >= 4 is 23.6 Å². The second kappa shape index (κ2) is 5.17. The first-order chi connectivity index (χ1) is 9.24. The van der Waals surface area contributed by atoms with E-state index in [0.717, 1.165) is 25.2 Å². The van der Waals surface area contributed by atoms with Crippen LogP contribution in [0.3, 0.4) is 0 Å². The molecule has 2 heterocycles. The molecule has 1 aliphatic rings. The van der Waals surface area contributed by atoms with E-state index < -0.39 is 0 Å². The van der Waals surface area contributed by atoms with Crippen LogP contribution < -0.4 is 0 Å². The third-order valence-corrected chi connectivity index (χ3v) is 4.95. The summed E-state index contributed by atoms with van der Waals surface area (Å²) in [5.41, 5.74) is 1.17. The van der Waals surface area contributed by atoms with E-state index in [2.05, 4.69) is 28.6 Å². The minimum absolute atomic E-state index is 0.700. The molecule has 0 radical (unpaired) electrons. The minimum Gasteiger partial charge on any atom is -0.299 e. The number of H-pyrrole nitrogens is 1. The molecule has 1 saturated carbocycles. The maximum Gasteiger partial charge on any atom is 0.195 e. The van der Waals surface area contributed by atoms with Crippen molar-refractivity contribution in [2.24, 2.45) is 0 Å². The Balaban J connectivity index is 2.07. The maximum absolute atomic E-state index is 5.32. The summed E-state index contributed by atoms with van der Waals surface area (Å²) in [6, 6.07) is 0. The molecule has 0 unspecified atom stereocenters. The molecule has 2 aromatic heterocycles. The highest BCUT2D eigenvalue weighted by molar-refractivity contribution is 7.71. The zero-order valence-corrected chi connectivity index (χ0v) is 12.9. The van der Waals surface area contributed by atoms with Gasteiger partial charge >= 0.3 is 0 Å². The van der Waals surface area contributed by atoms with E-state index in [0.29, 0.717) is 10.7 Å². The number of nitrogens with zero attached hydrogens (tertiary/aromatic N) is 3. The van der Waals surface area contributed by atoms with E-state index in [1.807, 2.05) is 0 Å². The highest BCUT2D eigenvalue weighted by Crippen LogP contribution is 2.44. The highest BCUT2D eigenvalue weighted by Gasteiger charge is 2.29. The van der Waals surface area contributed by atoms with Crippen molar-refractivity contribution in [3.63, 3.8) is 0 Å². The number of rotatable bonds is 5. The molecule has 0 aromatic carbocycles. The van der Waals surface area contributed by atoms with E-state index in [4.69, 9.17) is 17.2 Å². The van der Waals surface area contributed by atoms with Crippen LogP contribution in [-0.4, -0.2) is 19.7 Å². The van der Waals surface area contributed by atoms with Gasteiger partial charge in [0.15, 0.2) is 10.6 Å². The van der Waals surface area contributed by atoms with Crippen molar-refractivity contribution in [2.45, 2.75) is 52.0 Å². The fraction of sp³-hybridized carbons (Fsp3) is 0.615. The SMILES string of the molecule is CCCn1c(-c2sc(C3CC3)nc2CC)n[nH]c1=S. The molecule has 6 heteroatoms. The van der Waals surface area contributed by atoms with Crippen LogP contribution in [0.2, 0.25) is 0 Å². The number of aryl methyl sites for hydroxylation is 1. The van der Waals surface area contributed by atoms with Gasteiger partial charge in [0.05, 0.1) is 15.6 Å². The Kier molecular flexibility index (Phi) is 3.54. The third-order valence-electron chi connectivity index (χ3n) is 3.38. The summed E-state index contributed by atoms with van der Waals surface area (Å²) in [6.45, 7) is 5.22. The Hall–Kier alpha value is -1.01. The van der Waals surface area contributed by atoms with Crippen LogP contribution in [0.4, 0.5) is 0 Å². The van der Waals surface area contributed by atoms with Crippen molar-refractivity contribution < 1.29 is 0 Å². The summed E-state index contributed by atoms with van der Waals surface area (Å²) in [7, 11) is 0. The Morgan fingerprint density at radius 1 is 1.42 bits per heavy atom. The predicted octanol–water partition coefficient (Wildman–Crippen LogP) is 3.91. The molecule has 4 nitrogen and oxygen atoms in total. The smallest absolute Gasteiger partial charge is 0.195 e. The first-order valence-electron chi connectivity index (χ1n) is 6.89. The normalized spacial score (nSPS) is 15.1. The van der Waals surface area contributed by atoms with Gasteiger partial charge in [-0.15, -0.1) is 11.3 Å². The lowest BCUT2D eigenvalue weighted by Crippen LogP contribution is -2.00. The van der Waals surface area contributed by atoms with Gasteiger partial charge in [0.1, 0.15) is 0 Å². The second-order valence-electron chi connectivity index (χ2n) is 4.96. The van der Waals surface area contributed by atoms with Gasteiger partial charge in [0.25, 0.3) is 0 Å². The molecule has 102 valence electrons. The first kappa shape index (κ1) is 13.0. The quantitative estimate of drug-likeness (QED) is 0.850. The lowest BCUT2D eigenvalue weighted by atomic mass is 10.3. The molecule has 0 amide bonds. The van der Waals surface area contributed by atoms with Gasteiger partial charge in [0, 0.05) is 12.5 Å². The molecule has 0 atom stereocenters. The number of aromatic amines is 1. The van der Waals surface area contributed by atoms with Crippen molar-refractivity contribution in [1.82, 2.24) is 19.7 Å². The van der Waals surface area contributed by atoms with Gasteiger partial charge in [-0.2, -0.15) is 5.10 Å². The largest absolute Gasteiger partial charge is 0.299 e. The molecule has 0 saturated heterocycles. The summed E-state index contributed by atoms with van der Waals surface area (Å²) in [5.74, 6) is 1.67. The summed E-state index contributed by atoms with van der Waals surface area (Å²) >= 11 is 7.12. The van der Waals surface area contributed by atoms with E-state index in [1.165, 1.54) is 28.4 Å². The van der Waals surface area contributed by atoms with E-state index in [-0.39, 0.29) is 0 Å². The lowest BCUT2D eigenvalue weighted by molar-refractivity contribution is 0.675. The molecular formula is C13H18N4S2. The lowest BCUT2D eigenvalue weighted by Gasteiger charge is -2.03. The summed E-state index contributed by atoms with van der Waals surface area (Å²) in [6.07, 6.45) is 4.58. The van der Waals surface area contributed by atoms with Crippen LogP contribution in [0.1, 0.15) is 49.7 Å². The fourth-order valence-corrected chi connectivity index (χ4v) is 3.76. The van der Waals surface area contributed by atoms with E-state index in [1.54, 1.807) is 11.3 Å². The van der Waals surface area contributed by atoms with Crippen molar-refractivity contribution in [3.8, 4) is 10.7 Å². The fourth-order valence-electron chi connectivity index (χ4n) is 2.21.